The second-order valence-corrected chi connectivity index (χ2v) is 6.35. The maximum atomic E-state index is 10.2. The van der Waals surface area contributed by atoms with Crippen LogP contribution in [0.1, 0.15) is 50.6 Å². The molecule has 0 amide bonds. The third-order valence-electron chi connectivity index (χ3n) is 4.06. The molecule has 1 aliphatic carbocycles. The van der Waals surface area contributed by atoms with Gasteiger partial charge in [0, 0.05) is 17.0 Å². The molecule has 0 spiro atoms. The molecule has 2 rings (SSSR count). The third kappa shape index (κ3) is 4.23. The minimum absolute atomic E-state index is 0.185. The lowest BCUT2D eigenvalue weighted by Crippen LogP contribution is -2.40. The van der Waals surface area contributed by atoms with Crippen molar-refractivity contribution in [3.63, 3.8) is 0 Å². The normalized spacial score (nSPS) is 25.8. The Morgan fingerprint density at radius 1 is 1.16 bits per heavy atom. The average Bonchev–Trinajstić information content (AvgIpc) is 2.64. The standard InChI is InChI=1S/C16H25NOS/c1-12(13-8-10-14(19-2)11-9-13)17-15-6-4-3-5-7-16(15)18/h8-12,15-18H,3-7H2,1-2H3. The van der Waals surface area contributed by atoms with Gasteiger partial charge in [-0.3, -0.25) is 0 Å². The number of benzene rings is 1. The summed E-state index contributed by atoms with van der Waals surface area (Å²) in [5.41, 5.74) is 1.30. The summed E-state index contributed by atoms with van der Waals surface area (Å²) in [6.07, 6.45) is 7.59. The lowest BCUT2D eigenvalue weighted by molar-refractivity contribution is 0.115. The molecular formula is C16H25NOS. The molecule has 106 valence electrons. The van der Waals surface area contributed by atoms with Crippen LogP contribution in [-0.4, -0.2) is 23.5 Å². The molecule has 19 heavy (non-hydrogen) atoms. The highest BCUT2D eigenvalue weighted by atomic mass is 32.2. The Kier molecular flexibility index (Phi) is 5.74. The average molecular weight is 279 g/mol. The zero-order valence-electron chi connectivity index (χ0n) is 11.9. The number of nitrogens with one attached hydrogen (secondary N) is 1. The second kappa shape index (κ2) is 7.32. The molecule has 0 radical (unpaired) electrons. The minimum Gasteiger partial charge on any atom is -0.392 e. The molecule has 0 saturated heterocycles. The summed E-state index contributed by atoms with van der Waals surface area (Å²) in [4.78, 5) is 1.30. The third-order valence-corrected chi connectivity index (χ3v) is 4.80. The Balaban J connectivity index is 1.96. The van der Waals surface area contributed by atoms with Crippen LogP contribution in [0.2, 0.25) is 0 Å². The Bertz CT molecular complexity index is 379. The predicted octanol–water partition coefficient (Wildman–Crippen LogP) is 3.75. The fourth-order valence-corrected chi connectivity index (χ4v) is 3.20. The van der Waals surface area contributed by atoms with E-state index in [-0.39, 0.29) is 12.1 Å². The zero-order valence-corrected chi connectivity index (χ0v) is 12.7. The largest absolute Gasteiger partial charge is 0.392 e. The maximum absolute atomic E-state index is 10.2. The molecule has 3 heteroatoms. The molecule has 1 aromatic carbocycles. The van der Waals surface area contributed by atoms with E-state index in [4.69, 9.17) is 0 Å². The van der Waals surface area contributed by atoms with Crippen molar-refractivity contribution < 1.29 is 5.11 Å². The number of aliphatic hydroxyl groups is 1. The van der Waals surface area contributed by atoms with Crippen molar-refractivity contribution in [2.24, 2.45) is 0 Å². The van der Waals surface area contributed by atoms with E-state index in [1.807, 2.05) is 0 Å². The molecule has 1 aliphatic rings. The predicted molar refractivity (Wildman–Crippen MR) is 82.7 cm³/mol. The van der Waals surface area contributed by atoms with Gasteiger partial charge in [-0.2, -0.15) is 0 Å². The van der Waals surface area contributed by atoms with Crippen molar-refractivity contribution in [3.8, 4) is 0 Å². The number of aliphatic hydroxyl groups excluding tert-OH is 1. The maximum Gasteiger partial charge on any atom is 0.0693 e. The number of thioether (sulfide) groups is 1. The van der Waals surface area contributed by atoms with Crippen molar-refractivity contribution in [2.75, 3.05) is 6.26 Å². The summed E-state index contributed by atoms with van der Waals surface area (Å²) < 4.78 is 0. The van der Waals surface area contributed by atoms with E-state index >= 15 is 0 Å². The molecule has 0 aliphatic heterocycles. The fourth-order valence-electron chi connectivity index (χ4n) is 2.79. The fraction of sp³-hybridized carbons (Fsp3) is 0.625. The number of hydrogen-bond acceptors (Lipinski definition) is 3. The summed E-state index contributed by atoms with van der Waals surface area (Å²) >= 11 is 1.77. The highest BCUT2D eigenvalue weighted by Gasteiger charge is 2.23. The first kappa shape index (κ1) is 14.9. The van der Waals surface area contributed by atoms with Gasteiger partial charge in [0.1, 0.15) is 0 Å². The van der Waals surface area contributed by atoms with Crippen LogP contribution in [0.5, 0.6) is 0 Å². The minimum atomic E-state index is -0.185. The van der Waals surface area contributed by atoms with E-state index in [9.17, 15) is 5.11 Å². The SMILES string of the molecule is CSc1ccc(C(C)NC2CCCCCC2O)cc1. The van der Waals surface area contributed by atoms with Crippen molar-refractivity contribution >= 4 is 11.8 Å². The summed E-state index contributed by atoms with van der Waals surface area (Å²) in [5.74, 6) is 0. The van der Waals surface area contributed by atoms with E-state index in [1.165, 1.54) is 23.3 Å². The Morgan fingerprint density at radius 2 is 1.84 bits per heavy atom. The molecular weight excluding hydrogens is 254 g/mol. The van der Waals surface area contributed by atoms with E-state index in [0.29, 0.717) is 6.04 Å². The highest BCUT2D eigenvalue weighted by molar-refractivity contribution is 7.98. The van der Waals surface area contributed by atoms with E-state index < -0.39 is 0 Å². The van der Waals surface area contributed by atoms with Gasteiger partial charge in [0.25, 0.3) is 0 Å². The summed E-state index contributed by atoms with van der Waals surface area (Å²) in [6, 6.07) is 9.26. The zero-order chi connectivity index (χ0) is 13.7. The van der Waals surface area contributed by atoms with Crippen LogP contribution in [0.25, 0.3) is 0 Å². The van der Waals surface area contributed by atoms with Gasteiger partial charge >= 0.3 is 0 Å². The van der Waals surface area contributed by atoms with Crippen LogP contribution in [0.15, 0.2) is 29.2 Å². The molecule has 0 aromatic heterocycles. The van der Waals surface area contributed by atoms with Gasteiger partial charge in [-0.1, -0.05) is 31.4 Å². The Labute approximate surface area is 121 Å². The lowest BCUT2D eigenvalue weighted by Gasteiger charge is -2.26. The van der Waals surface area contributed by atoms with Crippen molar-refractivity contribution in [2.45, 2.75) is 62.1 Å². The van der Waals surface area contributed by atoms with Gasteiger partial charge in [0.15, 0.2) is 0 Å². The summed E-state index contributed by atoms with van der Waals surface area (Å²) in [7, 11) is 0. The molecule has 0 bridgehead atoms. The molecule has 1 saturated carbocycles. The molecule has 2 N–H and O–H groups in total. The van der Waals surface area contributed by atoms with E-state index in [2.05, 4.69) is 42.8 Å². The van der Waals surface area contributed by atoms with Crippen LogP contribution in [-0.2, 0) is 0 Å². The van der Waals surface area contributed by atoms with Gasteiger partial charge in [0.05, 0.1) is 6.10 Å². The first-order valence-corrected chi connectivity index (χ1v) is 8.51. The van der Waals surface area contributed by atoms with Gasteiger partial charge in [-0.05, 0) is 43.7 Å². The highest BCUT2D eigenvalue weighted by Crippen LogP contribution is 2.23. The van der Waals surface area contributed by atoms with Crippen LogP contribution in [0, 0.1) is 0 Å². The van der Waals surface area contributed by atoms with E-state index in [1.54, 1.807) is 11.8 Å². The quantitative estimate of drug-likeness (QED) is 0.650. The molecule has 1 fully saturated rings. The van der Waals surface area contributed by atoms with Gasteiger partial charge in [0.2, 0.25) is 0 Å². The van der Waals surface area contributed by atoms with Crippen LogP contribution < -0.4 is 5.32 Å². The molecule has 2 nitrogen and oxygen atoms in total. The first-order valence-electron chi connectivity index (χ1n) is 7.29. The van der Waals surface area contributed by atoms with Crippen molar-refractivity contribution in [1.82, 2.24) is 5.32 Å². The Hall–Kier alpha value is -0.510. The number of hydrogen-bond donors (Lipinski definition) is 2. The monoisotopic (exact) mass is 279 g/mol. The topological polar surface area (TPSA) is 32.3 Å². The first-order chi connectivity index (χ1) is 9.20. The van der Waals surface area contributed by atoms with Crippen LogP contribution >= 0.6 is 11.8 Å². The van der Waals surface area contributed by atoms with Gasteiger partial charge in [-0.15, -0.1) is 11.8 Å². The Morgan fingerprint density at radius 3 is 2.53 bits per heavy atom. The molecule has 3 unspecified atom stereocenters. The van der Waals surface area contributed by atoms with Crippen LogP contribution in [0.3, 0.4) is 0 Å². The summed E-state index contributed by atoms with van der Waals surface area (Å²) in [5, 5.41) is 13.8. The second-order valence-electron chi connectivity index (χ2n) is 5.47. The molecule has 1 aromatic rings. The van der Waals surface area contributed by atoms with E-state index in [0.717, 1.165) is 19.3 Å². The van der Waals surface area contributed by atoms with Crippen molar-refractivity contribution in [3.05, 3.63) is 29.8 Å². The smallest absolute Gasteiger partial charge is 0.0693 e. The van der Waals surface area contributed by atoms with Gasteiger partial charge in [-0.25, -0.2) is 0 Å². The molecule has 3 atom stereocenters. The van der Waals surface area contributed by atoms with Gasteiger partial charge < -0.3 is 10.4 Å². The molecule has 0 heterocycles. The van der Waals surface area contributed by atoms with Crippen LogP contribution in [0.4, 0.5) is 0 Å². The van der Waals surface area contributed by atoms with Crippen molar-refractivity contribution in [1.29, 1.82) is 0 Å². The number of rotatable bonds is 4. The lowest BCUT2D eigenvalue weighted by atomic mass is 10.0. The summed E-state index contributed by atoms with van der Waals surface area (Å²) in [6.45, 7) is 2.19.